The van der Waals surface area contributed by atoms with Crippen LogP contribution in [0.4, 0.5) is 5.69 Å². The molecule has 0 unspecified atom stereocenters. The van der Waals surface area contributed by atoms with Gasteiger partial charge in [-0.05, 0) is 61.7 Å². The molecule has 1 amide bonds. The van der Waals surface area contributed by atoms with E-state index in [1.807, 2.05) is 24.3 Å². The van der Waals surface area contributed by atoms with Crippen molar-refractivity contribution in [2.75, 3.05) is 38.2 Å². The summed E-state index contributed by atoms with van der Waals surface area (Å²) in [6, 6.07) is 14.4. The molecule has 1 atom stereocenters. The molecule has 1 heterocycles. The van der Waals surface area contributed by atoms with Crippen LogP contribution in [0.5, 0.6) is 11.5 Å². The van der Waals surface area contributed by atoms with Crippen molar-refractivity contribution in [2.45, 2.75) is 26.3 Å². The third-order valence-electron chi connectivity index (χ3n) is 5.61. The highest BCUT2D eigenvalue weighted by Gasteiger charge is 2.35. The minimum Gasteiger partial charge on any atom is -0.497 e. The zero-order valence-electron chi connectivity index (χ0n) is 18.8. The van der Waals surface area contributed by atoms with Gasteiger partial charge in [-0.2, -0.15) is 12.7 Å². The van der Waals surface area contributed by atoms with Gasteiger partial charge in [0.2, 0.25) is 5.91 Å². The third-order valence-corrected chi connectivity index (χ3v) is 7.62. The van der Waals surface area contributed by atoms with Gasteiger partial charge in [0.15, 0.2) is 0 Å². The normalized spacial score (nSPS) is 16.9. The second-order valence-corrected chi connectivity index (χ2v) is 9.49. The molecule has 32 heavy (non-hydrogen) atoms. The summed E-state index contributed by atoms with van der Waals surface area (Å²) in [7, 11) is -0.597. The number of methoxy groups -OCH3 is 2. The molecule has 0 spiro atoms. The lowest BCUT2D eigenvalue weighted by atomic mass is 9.99. The van der Waals surface area contributed by atoms with Gasteiger partial charge in [0.05, 0.1) is 25.8 Å². The fourth-order valence-electron chi connectivity index (χ4n) is 3.85. The fraction of sp³-hybridized carbons (Fsp3) is 0.435. The standard InChI is InChI=1S/C23H31N3O5S/c1-4-26(20-10-12-21(30-2)13-11-20)32(28,29)25-14-6-8-19(17-25)23(27)24-16-18-7-5-9-22(15-18)31-3/h5,7,9-13,15,19H,4,6,8,14,16-17H2,1-3H3,(H,24,27)/t19-/m1/s1. The lowest BCUT2D eigenvalue weighted by Crippen LogP contribution is -2.50. The van der Waals surface area contributed by atoms with Crippen LogP contribution in [-0.4, -0.2) is 52.5 Å². The lowest BCUT2D eigenvalue weighted by molar-refractivity contribution is -0.126. The Kier molecular flexibility index (Phi) is 7.98. The van der Waals surface area contributed by atoms with Gasteiger partial charge in [-0.15, -0.1) is 0 Å². The fourth-order valence-corrected chi connectivity index (χ4v) is 5.57. The number of rotatable bonds is 9. The molecule has 1 aliphatic rings. The molecule has 1 N–H and O–H groups in total. The van der Waals surface area contributed by atoms with E-state index in [4.69, 9.17) is 9.47 Å². The van der Waals surface area contributed by atoms with Crippen LogP contribution in [0.3, 0.4) is 0 Å². The van der Waals surface area contributed by atoms with Crippen molar-refractivity contribution in [1.82, 2.24) is 9.62 Å². The summed E-state index contributed by atoms with van der Waals surface area (Å²) in [5.74, 6) is 0.858. The second kappa shape index (κ2) is 10.7. The first-order valence-corrected chi connectivity index (χ1v) is 12.1. The summed E-state index contributed by atoms with van der Waals surface area (Å²) in [4.78, 5) is 12.8. The largest absolute Gasteiger partial charge is 0.497 e. The highest BCUT2D eigenvalue weighted by molar-refractivity contribution is 7.90. The predicted octanol–water partition coefficient (Wildman–Crippen LogP) is 2.80. The Morgan fingerprint density at radius 2 is 1.84 bits per heavy atom. The highest BCUT2D eigenvalue weighted by Crippen LogP contribution is 2.27. The third kappa shape index (κ3) is 5.52. The van der Waals surface area contributed by atoms with Crippen LogP contribution in [0.15, 0.2) is 48.5 Å². The van der Waals surface area contributed by atoms with Crippen LogP contribution in [0, 0.1) is 5.92 Å². The van der Waals surface area contributed by atoms with Crippen LogP contribution >= 0.6 is 0 Å². The Hall–Kier alpha value is -2.78. The molecule has 3 rings (SSSR count). The molecule has 174 valence electrons. The van der Waals surface area contributed by atoms with Crippen molar-refractivity contribution < 1.29 is 22.7 Å². The van der Waals surface area contributed by atoms with Gasteiger partial charge < -0.3 is 14.8 Å². The first-order chi connectivity index (χ1) is 15.4. The molecule has 0 saturated carbocycles. The number of hydrogen-bond acceptors (Lipinski definition) is 5. The first-order valence-electron chi connectivity index (χ1n) is 10.7. The number of carbonyl (C=O) groups is 1. The zero-order valence-corrected chi connectivity index (χ0v) is 19.6. The van der Waals surface area contributed by atoms with Gasteiger partial charge >= 0.3 is 10.2 Å². The molecule has 1 aliphatic heterocycles. The number of anilines is 1. The van der Waals surface area contributed by atoms with Crippen LogP contribution in [0.25, 0.3) is 0 Å². The van der Waals surface area contributed by atoms with Crippen LogP contribution in [-0.2, 0) is 21.5 Å². The van der Waals surface area contributed by atoms with Crippen LogP contribution < -0.4 is 19.1 Å². The van der Waals surface area contributed by atoms with Crippen molar-refractivity contribution in [3.63, 3.8) is 0 Å². The number of nitrogens with zero attached hydrogens (tertiary/aromatic N) is 2. The van der Waals surface area contributed by atoms with E-state index < -0.39 is 16.1 Å². The molecule has 9 heteroatoms. The number of piperidine rings is 1. The Bertz CT molecular complexity index is 1010. The summed E-state index contributed by atoms with van der Waals surface area (Å²) in [5, 5.41) is 2.94. The van der Waals surface area contributed by atoms with E-state index in [0.717, 1.165) is 11.3 Å². The molecule has 8 nitrogen and oxygen atoms in total. The summed E-state index contributed by atoms with van der Waals surface area (Å²) in [6.45, 7) is 3.02. The van der Waals surface area contributed by atoms with Crippen LogP contribution in [0.1, 0.15) is 25.3 Å². The molecule has 2 aromatic rings. The van der Waals surface area contributed by atoms with Crippen molar-refractivity contribution in [3.05, 3.63) is 54.1 Å². The predicted molar refractivity (Wildman–Crippen MR) is 124 cm³/mol. The number of amides is 1. The van der Waals surface area contributed by atoms with E-state index >= 15 is 0 Å². The molecule has 0 aromatic heterocycles. The van der Waals surface area contributed by atoms with Gasteiger partial charge in [0.25, 0.3) is 0 Å². The molecular weight excluding hydrogens is 430 g/mol. The maximum absolute atomic E-state index is 13.4. The summed E-state index contributed by atoms with van der Waals surface area (Å²) in [5.41, 5.74) is 1.49. The van der Waals surface area contributed by atoms with Gasteiger partial charge in [-0.25, -0.2) is 0 Å². The number of nitrogens with one attached hydrogen (secondary N) is 1. The maximum atomic E-state index is 13.4. The molecule has 2 aromatic carbocycles. The molecule has 0 aliphatic carbocycles. The minimum atomic E-state index is -3.76. The lowest BCUT2D eigenvalue weighted by Gasteiger charge is -2.35. The molecule has 1 fully saturated rings. The van der Waals surface area contributed by atoms with E-state index in [2.05, 4.69) is 5.32 Å². The average molecular weight is 462 g/mol. The Morgan fingerprint density at radius 3 is 2.50 bits per heavy atom. The first kappa shape index (κ1) is 23.9. The summed E-state index contributed by atoms with van der Waals surface area (Å²) < 4.78 is 39.9. The number of ether oxygens (including phenoxy) is 2. The Balaban J connectivity index is 1.66. The van der Waals surface area contributed by atoms with E-state index in [0.29, 0.717) is 37.4 Å². The van der Waals surface area contributed by atoms with Gasteiger partial charge in [0, 0.05) is 26.2 Å². The van der Waals surface area contributed by atoms with Crippen molar-refractivity contribution >= 4 is 21.8 Å². The number of hydrogen-bond donors (Lipinski definition) is 1. The van der Waals surface area contributed by atoms with E-state index in [1.54, 1.807) is 45.4 Å². The Morgan fingerprint density at radius 1 is 1.12 bits per heavy atom. The molecular formula is C23H31N3O5S. The molecule has 1 saturated heterocycles. The smallest absolute Gasteiger partial charge is 0.304 e. The van der Waals surface area contributed by atoms with Gasteiger partial charge in [-0.1, -0.05) is 12.1 Å². The SMILES string of the molecule is CCN(c1ccc(OC)cc1)S(=O)(=O)N1CCC[C@@H](C(=O)NCc2cccc(OC)c2)C1. The molecule has 0 bridgehead atoms. The quantitative estimate of drug-likeness (QED) is 0.620. The second-order valence-electron chi connectivity index (χ2n) is 7.64. The number of carbonyl (C=O) groups excluding carboxylic acids is 1. The number of benzene rings is 2. The van der Waals surface area contributed by atoms with Gasteiger partial charge in [-0.3, -0.25) is 9.10 Å². The summed E-state index contributed by atoms with van der Waals surface area (Å²) in [6.07, 6.45) is 1.29. The molecule has 0 radical (unpaired) electrons. The maximum Gasteiger partial charge on any atom is 0.304 e. The van der Waals surface area contributed by atoms with Crippen molar-refractivity contribution in [1.29, 1.82) is 0 Å². The van der Waals surface area contributed by atoms with Crippen molar-refractivity contribution in [2.24, 2.45) is 5.92 Å². The minimum absolute atomic E-state index is 0.139. The topological polar surface area (TPSA) is 88.2 Å². The van der Waals surface area contributed by atoms with Gasteiger partial charge in [0.1, 0.15) is 11.5 Å². The summed E-state index contributed by atoms with van der Waals surface area (Å²) >= 11 is 0. The van der Waals surface area contributed by atoms with Crippen molar-refractivity contribution in [3.8, 4) is 11.5 Å². The zero-order chi connectivity index (χ0) is 23.1. The van der Waals surface area contributed by atoms with E-state index in [1.165, 1.54) is 8.61 Å². The average Bonchev–Trinajstić information content (AvgIpc) is 2.83. The highest BCUT2D eigenvalue weighted by atomic mass is 32.2. The Labute approximate surface area is 190 Å². The monoisotopic (exact) mass is 461 g/mol. The van der Waals surface area contributed by atoms with E-state index in [9.17, 15) is 13.2 Å². The van der Waals surface area contributed by atoms with E-state index in [-0.39, 0.29) is 19.0 Å². The van der Waals surface area contributed by atoms with Crippen LogP contribution in [0.2, 0.25) is 0 Å².